The lowest BCUT2D eigenvalue weighted by molar-refractivity contribution is -0.127. The van der Waals surface area contributed by atoms with E-state index in [1.807, 2.05) is 35.2 Å². The number of rotatable bonds is 9. The van der Waals surface area contributed by atoms with Gasteiger partial charge in [0.1, 0.15) is 6.10 Å². The Labute approximate surface area is 219 Å². The molecule has 1 aliphatic heterocycles. The van der Waals surface area contributed by atoms with Gasteiger partial charge in [0.15, 0.2) is 5.96 Å². The highest BCUT2D eigenvalue weighted by atomic mass is 127. The molecule has 1 amide bonds. The fourth-order valence-corrected chi connectivity index (χ4v) is 4.56. The Balaban J connectivity index is 0.00000324. The second kappa shape index (κ2) is 13.5. The fourth-order valence-electron chi connectivity index (χ4n) is 4.56. The Morgan fingerprint density at radius 3 is 2.71 bits per heavy atom. The molecule has 0 radical (unpaired) electrons. The topological polar surface area (TPSA) is 78.9 Å². The van der Waals surface area contributed by atoms with Crippen LogP contribution >= 0.6 is 24.0 Å². The van der Waals surface area contributed by atoms with E-state index >= 15 is 0 Å². The number of pyridine rings is 1. The van der Waals surface area contributed by atoms with Gasteiger partial charge in [-0.2, -0.15) is 0 Å². The number of likely N-dealkylation sites (tertiary alicyclic amines) is 1. The molecule has 1 atom stereocenters. The van der Waals surface area contributed by atoms with Crippen molar-refractivity contribution in [2.24, 2.45) is 10.9 Å². The van der Waals surface area contributed by atoms with E-state index in [4.69, 9.17) is 4.74 Å². The summed E-state index contributed by atoms with van der Waals surface area (Å²) in [5, 5.41) is 6.74. The summed E-state index contributed by atoms with van der Waals surface area (Å²) in [5.74, 6) is 1.97. The van der Waals surface area contributed by atoms with Crippen LogP contribution < -0.4 is 15.4 Å². The first kappa shape index (κ1) is 26.2. The molecule has 1 saturated heterocycles. The normalized spacial score (nSPS) is 18.6. The van der Waals surface area contributed by atoms with Gasteiger partial charge in [0.2, 0.25) is 11.8 Å². The molecule has 1 aromatic carbocycles. The van der Waals surface area contributed by atoms with Crippen LogP contribution in [-0.4, -0.2) is 54.5 Å². The van der Waals surface area contributed by atoms with Crippen LogP contribution in [0.1, 0.15) is 43.2 Å². The predicted molar refractivity (Wildman–Crippen MR) is 146 cm³/mol. The average Bonchev–Trinajstić information content (AvgIpc) is 3.48. The maximum Gasteiger partial charge on any atom is 0.223 e. The number of benzene rings is 1. The highest BCUT2D eigenvalue weighted by molar-refractivity contribution is 14.0. The van der Waals surface area contributed by atoms with Crippen molar-refractivity contribution in [2.75, 3.05) is 26.7 Å². The molecule has 2 aliphatic rings. The molecule has 1 aliphatic carbocycles. The quantitative estimate of drug-likeness (QED) is 0.270. The van der Waals surface area contributed by atoms with Crippen LogP contribution in [0.25, 0.3) is 0 Å². The minimum Gasteiger partial charge on any atom is -0.474 e. The van der Waals surface area contributed by atoms with Crippen LogP contribution in [0, 0.1) is 5.92 Å². The second-order valence-electron chi connectivity index (χ2n) is 8.98. The Morgan fingerprint density at radius 2 is 1.94 bits per heavy atom. The van der Waals surface area contributed by atoms with Gasteiger partial charge in [0, 0.05) is 57.8 Å². The third kappa shape index (κ3) is 7.85. The van der Waals surface area contributed by atoms with E-state index < -0.39 is 0 Å². The van der Waals surface area contributed by atoms with Gasteiger partial charge in [-0.05, 0) is 49.3 Å². The number of aromatic nitrogens is 1. The molecule has 7 nitrogen and oxygen atoms in total. The molecule has 2 N–H and O–H groups in total. The average molecular weight is 578 g/mol. The van der Waals surface area contributed by atoms with Crippen molar-refractivity contribution >= 4 is 35.8 Å². The summed E-state index contributed by atoms with van der Waals surface area (Å²) >= 11 is 0. The first-order chi connectivity index (χ1) is 16.2. The van der Waals surface area contributed by atoms with Crippen molar-refractivity contribution in [2.45, 2.75) is 51.2 Å². The molecule has 0 bridgehead atoms. The molecule has 4 rings (SSSR count). The third-order valence-corrected chi connectivity index (χ3v) is 6.44. The summed E-state index contributed by atoms with van der Waals surface area (Å²) < 4.78 is 6.01. The predicted octanol–water partition coefficient (Wildman–Crippen LogP) is 3.78. The number of halogens is 1. The highest BCUT2D eigenvalue weighted by Gasteiger charge is 2.29. The largest absolute Gasteiger partial charge is 0.474 e. The van der Waals surface area contributed by atoms with Crippen LogP contribution in [0.15, 0.2) is 53.7 Å². The Morgan fingerprint density at radius 1 is 1.15 bits per heavy atom. The van der Waals surface area contributed by atoms with Gasteiger partial charge in [-0.1, -0.05) is 30.3 Å². The van der Waals surface area contributed by atoms with Crippen molar-refractivity contribution in [3.63, 3.8) is 0 Å². The molecule has 34 heavy (non-hydrogen) atoms. The molecule has 0 spiro atoms. The van der Waals surface area contributed by atoms with Gasteiger partial charge in [0.05, 0.1) is 0 Å². The van der Waals surface area contributed by atoms with Gasteiger partial charge in [0.25, 0.3) is 0 Å². The molecule has 184 valence electrons. The van der Waals surface area contributed by atoms with Crippen LogP contribution in [0.5, 0.6) is 5.88 Å². The van der Waals surface area contributed by atoms with E-state index in [1.54, 1.807) is 13.2 Å². The summed E-state index contributed by atoms with van der Waals surface area (Å²) in [4.78, 5) is 23.1. The third-order valence-electron chi connectivity index (χ3n) is 6.44. The van der Waals surface area contributed by atoms with E-state index in [0.29, 0.717) is 30.9 Å². The SMILES string of the molecule is CN=C(NCc1ccnc(OC2CCCC2)c1)NCC1CC(=O)N(CCc2ccccc2)C1.I. The highest BCUT2D eigenvalue weighted by Crippen LogP contribution is 2.23. The molecular weight excluding hydrogens is 541 g/mol. The van der Waals surface area contributed by atoms with Crippen LogP contribution in [0.2, 0.25) is 0 Å². The van der Waals surface area contributed by atoms with Crippen molar-refractivity contribution in [3.8, 4) is 5.88 Å². The maximum atomic E-state index is 12.4. The van der Waals surface area contributed by atoms with E-state index in [-0.39, 0.29) is 29.9 Å². The Bertz CT molecular complexity index is 934. The van der Waals surface area contributed by atoms with Crippen molar-refractivity contribution in [3.05, 3.63) is 59.8 Å². The fraction of sp³-hybridized carbons (Fsp3) is 0.500. The molecule has 1 saturated carbocycles. The minimum absolute atomic E-state index is 0. The van der Waals surface area contributed by atoms with Gasteiger partial charge >= 0.3 is 0 Å². The summed E-state index contributed by atoms with van der Waals surface area (Å²) in [6.45, 7) is 2.93. The zero-order chi connectivity index (χ0) is 22.9. The lowest BCUT2D eigenvalue weighted by Crippen LogP contribution is -2.40. The van der Waals surface area contributed by atoms with Crippen LogP contribution in [0.4, 0.5) is 0 Å². The second-order valence-corrected chi connectivity index (χ2v) is 8.98. The monoisotopic (exact) mass is 577 g/mol. The van der Waals surface area contributed by atoms with Gasteiger partial charge in [-0.3, -0.25) is 9.79 Å². The zero-order valence-electron chi connectivity index (χ0n) is 19.9. The number of guanidine groups is 1. The molecule has 1 unspecified atom stereocenters. The number of hydrogen-bond acceptors (Lipinski definition) is 4. The number of ether oxygens (including phenoxy) is 1. The Kier molecular flexibility index (Phi) is 10.4. The number of aliphatic imine (C=N–C) groups is 1. The van der Waals surface area contributed by atoms with Crippen molar-refractivity contribution in [1.82, 2.24) is 20.5 Å². The molecular formula is C26H36IN5O2. The van der Waals surface area contributed by atoms with E-state index in [1.165, 1.54) is 18.4 Å². The van der Waals surface area contributed by atoms with E-state index in [2.05, 4.69) is 32.7 Å². The number of amides is 1. The van der Waals surface area contributed by atoms with Crippen LogP contribution in [-0.2, 0) is 17.8 Å². The number of carbonyl (C=O) groups excluding carboxylic acids is 1. The van der Waals surface area contributed by atoms with Crippen molar-refractivity contribution in [1.29, 1.82) is 0 Å². The summed E-state index contributed by atoms with van der Waals surface area (Å²) in [7, 11) is 1.77. The molecule has 1 aromatic heterocycles. The molecule has 2 aromatic rings. The molecule has 8 heteroatoms. The number of nitrogens with one attached hydrogen (secondary N) is 2. The number of nitrogens with zero attached hydrogens (tertiary/aromatic N) is 3. The van der Waals surface area contributed by atoms with Gasteiger partial charge in [-0.25, -0.2) is 4.98 Å². The smallest absolute Gasteiger partial charge is 0.223 e. The van der Waals surface area contributed by atoms with Gasteiger partial charge < -0.3 is 20.3 Å². The summed E-state index contributed by atoms with van der Waals surface area (Å²) in [5.41, 5.74) is 2.37. The molecule has 2 fully saturated rings. The first-order valence-electron chi connectivity index (χ1n) is 12.1. The van der Waals surface area contributed by atoms with Gasteiger partial charge in [-0.15, -0.1) is 24.0 Å². The van der Waals surface area contributed by atoms with Crippen LogP contribution in [0.3, 0.4) is 0 Å². The summed E-state index contributed by atoms with van der Waals surface area (Å²) in [6, 6.07) is 14.3. The number of carbonyl (C=O) groups is 1. The lowest BCUT2D eigenvalue weighted by Gasteiger charge is -2.18. The van der Waals surface area contributed by atoms with E-state index in [9.17, 15) is 4.79 Å². The molecule has 2 heterocycles. The zero-order valence-corrected chi connectivity index (χ0v) is 22.2. The standard InChI is InChI=1S/C26H35N5O2.HI/c1-27-26(29-17-21-11-13-28-24(15-21)33-23-9-5-6-10-23)30-18-22-16-25(32)31(19-22)14-12-20-7-3-2-4-8-20;/h2-4,7-8,11,13,15,22-23H,5-6,9-10,12,14,16-19H2,1H3,(H2,27,29,30);1H. The first-order valence-corrected chi connectivity index (χ1v) is 12.1. The summed E-state index contributed by atoms with van der Waals surface area (Å²) in [6.07, 6.45) is 8.31. The maximum absolute atomic E-state index is 12.4. The Hall–Kier alpha value is -2.36. The lowest BCUT2D eigenvalue weighted by atomic mass is 10.1. The van der Waals surface area contributed by atoms with Crippen molar-refractivity contribution < 1.29 is 9.53 Å². The number of hydrogen-bond donors (Lipinski definition) is 2. The minimum atomic E-state index is 0. The van der Waals surface area contributed by atoms with E-state index in [0.717, 1.165) is 50.4 Å².